The van der Waals surface area contributed by atoms with Crippen LogP contribution in [0.1, 0.15) is 278 Å². The molecule has 1 fully saturated rings. The van der Waals surface area contributed by atoms with Crippen LogP contribution in [0.15, 0.2) is 72.9 Å². The van der Waals surface area contributed by atoms with Crippen molar-refractivity contribution in [3.05, 3.63) is 72.9 Å². The highest BCUT2D eigenvalue weighted by molar-refractivity contribution is 5.74. The average molecular weight is 1110 g/mol. The molecule has 12 nitrogen and oxygen atoms in total. The maximum absolute atomic E-state index is 13.2. The highest BCUT2D eigenvalue weighted by Gasteiger charge is 2.50. The molecule has 1 saturated heterocycles. The first-order chi connectivity index (χ1) is 38.6. The molecule has 0 aromatic heterocycles. The molecule has 79 heavy (non-hydrogen) atoms. The number of rotatable bonds is 54. The van der Waals surface area contributed by atoms with Crippen molar-refractivity contribution in [3.8, 4) is 0 Å². The third-order valence-corrected chi connectivity index (χ3v) is 14.3. The van der Waals surface area contributed by atoms with E-state index in [4.69, 9.17) is 23.7 Å². The van der Waals surface area contributed by atoms with Crippen LogP contribution < -0.4 is 0 Å². The third kappa shape index (κ3) is 44.5. The number of aliphatic carboxylic acids is 1. The van der Waals surface area contributed by atoms with E-state index in [0.29, 0.717) is 19.3 Å². The second kappa shape index (κ2) is 54.7. The Morgan fingerprint density at radius 1 is 0.430 bits per heavy atom. The van der Waals surface area contributed by atoms with Gasteiger partial charge in [-0.15, -0.1) is 0 Å². The van der Waals surface area contributed by atoms with E-state index >= 15 is 0 Å². The average Bonchev–Trinajstić information content (AvgIpc) is 3.47. The summed E-state index contributed by atoms with van der Waals surface area (Å²) in [6.07, 6.45) is 57.3. The number of esters is 3. The van der Waals surface area contributed by atoms with E-state index in [1.54, 1.807) is 0 Å². The van der Waals surface area contributed by atoms with Gasteiger partial charge in [-0.25, -0.2) is 4.79 Å². The zero-order chi connectivity index (χ0) is 57.5. The van der Waals surface area contributed by atoms with Gasteiger partial charge in [-0.1, -0.05) is 273 Å². The van der Waals surface area contributed by atoms with Crippen LogP contribution in [0.3, 0.4) is 0 Å². The lowest BCUT2D eigenvalue weighted by Crippen LogP contribution is -2.61. The molecule has 6 atom stereocenters. The smallest absolute Gasteiger partial charge is 0.335 e. The summed E-state index contributed by atoms with van der Waals surface area (Å²) in [7, 11) is 0. The fourth-order valence-electron chi connectivity index (χ4n) is 9.45. The number of aliphatic hydroxyl groups is 2. The first-order valence-electron chi connectivity index (χ1n) is 31.9. The number of hydrogen-bond acceptors (Lipinski definition) is 11. The number of carboxylic acids is 1. The molecule has 0 amide bonds. The first-order valence-corrected chi connectivity index (χ1v) is 31.9. The van der Waals surface area contributed by atoms with Gasteiger partial charge in [0.1, 0.15) is 18.8 Å². The molecule has 1 aliphatic heterocycles. The van der Waals surface area contributed by atoms with E-state index in [-0.39, 0.29) is 25.9 Å². The summed E-state index contributed by atoms with van der Waals surface area (Å²) < 4.78 is 28.4. The number of hydrogen-bond donors (Lipinski definition) is 3. The number of unbranched alkanes of at least 4 members (excludes halogenated alkanes) is 28. The minimum Gasteiger partial charge on any atom is -0.479 e. The maximum atomic E-state index is 13.2. The molecule has 0 bridgehead atoms. The molecule has 1 aliphatic rings. The molecule has 0 aromatic rings. The Bertz CT molecular complexity index is 1650. The van der Waals surface area contributed by atoms with Gasteiger partial charge in [0.25, 0.3) is 0 Å². The topological polar surface area (TPSA) is 175 Å². The second-order valence-corrected chi connectivity index (χ2v) is 21.7. The number of carbonyl (C=O) groups is 4. The minimum atomic E-state index is -1.91. The van der Waals surface area contributed by atoms with Gasteiger partial charge in [0.05, 0.1) is 6.61 Å². The van der Waals surface area contributed by atoms with Crippen LogP contribution in [0.4, 0.5) is 0 Å². The highest BCUT2D eigenvalue weighted by atomic mass is 16.7. The summed E-state index contributed by atoms with van der Waals surface area (Å²) in [4.78, 5) is 51.2. The van der Waals surface area contributed by atoms with Gasteiger partial charge < -0.3 is 39.0 Å². The summed E-state index contributed by atoms with van der Waals surface area (Å²) in [5.41, 5.74) is 0. The van der Waals surface area contributed by atoms with Gasteiger partial charge in [0.15, 0.2) is 24.6 Å². The Morgan fingerprint density at radius 2 is 0.797 bits per heavy atom. The van der Waals surface area contributed by atoms with Crippen molar-refractivity contribution < 1.29 is 58.2 Å². The van der Waals surface area contributed by atoms with Crippen LogP contribution in [0.2, 0.25) is 0 Å². The van der Waals surface area contributed by atoms with Crippen molar-refractivity contribution in [1.29, 1.82) is 0 Å². The second-order valence-electron chi connectivity index (χ2n) is 21.7. The molecule has 12 heteroatoms. The van der Waals surface area contributed by atoms with Crippen LogP contribution in [0.25, 0.3) is 0 Å². The predicted molar refractivity (Wildman–Crippen MR) is 322 cm³/mol. The van der Waals surface area contributed by atoms with Gasteiger partial charge in [0, 0.05) is 19.3 Å². The number of aliphatic hydroxyl groups excluding tert-OH is 2. The Kier molecular flexibility index (Phi) is 50.7. The molecule has 0 aromatic carbocycles. The Hall–Kier alpha value is -3.84. The van der Waals surface area contributed by atoms with Gasteiger partial charge >= 0.3 is 23.9 Å². The lowest BCUT2D eigenvalue weighted by atomic mass is 9.98. The molecule has 0 saturated carbocycles. The van der Waals surface area contributed by atoms with E-state index in [0.717, 1.165) is 83.5 Å². The SMILES string of the molecule is CC/C=C\C/C=C\C/C=C\C/C=C\C/C=C\C/C=C\CCC(=O)OCC(COC1OC(C(=O)O)C(O)C(O)C1OC(=O)CCCCCCCCCCCCCCCCCCC)OC(=O)CCCCCCCCCCCCCCC. The molecule has 6 unspecified atom stereocenters. The Balaban J connectivity index is 2.69. The summed E-state index contributed by atoms with van der Waals surface area (Å²) in [5.74, 6) is -3.21. The largest absolute Gasteiger partial charge is 0.479 e. The number of carboxylic acid groups (broad SMARTS) is 1. The van der Waals surface area contributed by atoms with Gasteiger partial charge in [-0.05, 0) is 57.8 Å². The number of allylic oxidation sites excluding steroid dienone is 12. The van der Waals surface area contributed by atoms with Crippen molar-refractivity contribution in [2.24, 2.45) is 0 Å². The Labute approximate surface area is 480 Å². The van der Waals surface area contributed by atoms with Crippen molar-refractivity contribution in [2.45, 2.75) is 314 Å². The first kappa shape index (κ1) is 73.2. The molecule has 1 heterocycles. The van der Waals surface area contributed by atoms with Crippen LogP contribution in [-0.2, 0) is 42.9 Å². The summed E-state index contributed by atoms with van der Waals surface area (Å²) in [6, 6.07) is 0. The van der Waals surface area contributed by atoms with Crippen LogP contribution >= 0.6 is 0 Å². The van der Waals surface area contributed by atoms with Crippen LogP contribution in [0.5, 0.6) is 0 Å². The van der Waals surface area contributed by atoms with Crippen molar-refractivity contribution in [3.63, 3.8) is 0 Å². The lowest BCUT2D eigenvalue weighted by molar-refractivity contribution is -0.301. The van der Waals surface area contributed by atoms with Gasteiger partial charge in [-0.3, -0.25) is 14.4 Å². The molecular formula is C67H114O12. The standard InChI is InChI=1S/C67H114O12/c1-4-7-10-13-16-19-22-25-27-29-30-32-33-36-38-41-44-47-50-53-59(68)75-56-58(77-60(69)54-51-48-45-42-39-35-24-21-18-15-12-9-6-3)57-76-67-65(63(72)62(71)64(79-67)66(73)74)78-61(70)55-52-49-46-43-40-37-34-31-28-26-23-20-17-14-11-8-5-2/h7,10,16,19,25,27,30,32,36,38,44,47,58,62-65,67,71-72H,4-6,8-9,11-15,17-18,20-24,26,28-29,31,33-35,37,39-43,45-46,48-57H2,1-3H3,(H,73,74)/b10-7-,19-16-,27-25-,32-30-,38-36-,47-44-. The summed E-state index contributed by atoms with van der Waals surface area (Å²) in [5, 5.41) is 31.6. The van der Waals surface area contributed by atoms with Crippen LogP contribution in [0, 0.1) is 0 Å². The molecular weight excluding hydrogens is 997 g/mol. The zero-order valence-corrected chi connectivity index (χ0v) is 50.1. The quantitative estimate of drug-likeness (QED) is 0.0228. The molecule has 0 aliphatic carbocycles. The fraction of sp³-hybridized carbons (Fsp3) is 0.761. The normalized spacial score (nSPS) is 18.3. The van der Waals surface area contributed by atoms with E-state index in [1.165, 1.54) is 135 Å². The minimum absolute atomic E-state index is 0.0565. The number of carbonyl (C=O) groups excluding carboxylic acids is 3. The molecule has 454 valence electrons. The zero-order valence-electron chi connectivity index (χ0n) is 50.1. The number of ether oxygens (including phenoxy) is 5. The van der Waals surface area contributed by atoms with Crippen molar-refractivity contribution in [1.82, 2.24) is 0 Å². The molecule has 0 radical (unpaired) electrons. The van der Waals surface area contributed by atoms with Gasteiger partial charge in [-0.2, -0.15) is 0 Å². The van der Waals surface area contributed by atoms with Crippen molar-refractivity contribution >= 4 is 23.9 Å². The third-order valence-electron chi connectivity index (χ3n) is 14.3. The van der Waals surface area contributed by atoms with E-state index < -0.39 is 67.3 Å². The van der Waals surface area contributed by atoms with E-state index in [1.807, 2.05) is 12.2 Å². The molecule has 3 N–H and O–H groups in total. The Morgan fingerprint density at radius 3 is 1.19 bits per heavy atom. The lowest BCUT2D eigenvalue weighted by Gasteiger charge is -2.40. The van der Waals surface area contributed by atoms with E-state index in [9.17, 15) is 34.5 Å². The van der Waals surface area contributed by atoms with E-state index in [2.05, 4.69) is 81.5 Å². The summed E-state index contributed by atoms with van der Waals surface area (Å²) >= 11 is 0. The predicted octanol–water partition coefficient (Wildman–Crippen LogP) is 16.9. The fourth-order valence-corrected chi connectivity index (χ4v) is 9.45. The summed E-state index contributed by atoms with van der Waals surface area (Å²) in [6.45, 7) is 5.84. The molecule has 0 spiro atoms. The highest BCUT2D eigenvalue weighted by Crippen LogP contribution is 2.27. The maximum Gasteiger partial charge on any atom is 0.335 e. The monoisotopic (exact) mass is 1110 g/mol. The van der Waals surface area contributed by atoms with Crippen LogP contribution in [-0.4, -0.2) is 89.2 Å². The van der Waals surface area contributed by atoms with Crippen molar-refractivity contribution in [2.75, 3.05) is 13.2 Å². The molecule has 1 rings (SSSR count). The van der Waals surface area contributed by atoms with Gasteiger partial charge in [0.2, 0.25) is 0 Å².